The van der Waals surface area contributed by atoms with Gasteiger partial charge in [0.1, 0.15) is 0 Å². The van der Waals surface area contributed by atoms with Crippen molar-refractivity contribution in [1.29, 1.82) is 0 Å². The number of aromatic nitrogens is 2. The van der Waals surface area contributed by atoms with Crippen LogP contribution >= 0.6 is 0 Å². The Balaban J connectivity index is 2.28. The minimum atomic E-state index is -0.988. The van der Waals surface area contributed by atoms with Gasteiger partial charge in [0.15, 0.2) is 5.69 Å². The van der Waals surface area contributed by atoms with Crippen molar-refractivity contribution in [3.63, 3.8) is 0 Å². The summed E-state index contributed by atoms with van der Waals surface area (Å²) in [5.41, 5.74) is 3.22. The Bertz CT molecular complexity index is 585. The quantitative estimate of drug-likeness (QED) is 0.876. The summed E-state index contributed by atoms with van der Waals surface area (Å²) in [7, 11) is 0. The number of hydrogen-bond acceptors (Lipinski definition) is 2. The second-order valence-electron chi connectivity index (χ2n) is 4.86. The number of carboxylic acid groups (broad SMARTS) is 1. The molecule has 0 atom stereocenters. The van der Waals surface area contributed by atoms with Gasteiger partial charge in [-0.3, -0.25) is 0 Å². The van der Waals surface area contributed by atoms with Crippen LogP contribution in [0.5, 0.6) is 0 Å². The molecular formula is C16H20N2O2. The molecule has 0 saturated heterocycles. The van der Waals surface area contributed by atoms with Gasteiger partial charge in [0, 0.05) is 5.69 Å². The summed E-state index contributed by atoms with van der Waals surface area (Å²) in [6, 6.07) is 9.82. The number of nitrogens with zero attached hydrogens (tertiary/aromatic N) is 2. The van der Waals surface area contributed by atoms with Crippen LogP contribution in [0.3, 0.4) is 0 Å². The summed E-state index contributed by atoms with van der Waals surface area (Å²) in [5, 5.41) is 13.2. The number of aromatic carboxylic acids is 1. The third-order valence-electron chi connectivity index (χ3n) is 3.36. The van der Waals surface area contributed by atoms with Gasteiger partial charge in [-0.2, -0.15) is 5.10 Å². The summed E-state index contributed by atoms with van der Waals surface area (Å²) in [5.74, 6) is -0.988. The third-order valence-corrected chi connectivity index (χ3v) is 3.36. The first-order valence-electron chi connectivity index (χ1n) is 7.07. The van der Waals surface area contributed by atoms with E-state index in [9.17, 15) is 4.79 Å². The zero-order valence-electron chi connectivity index (χ0n) is 12.0. The molecular weight excluding hydrogens is 252 g/mol. The average Bonchev–Trinajstić information content (AvgIpc) is 2.90. The van der Waals surface area contributed by atoms with E-state index in [1.807, 2.05) is 19.1 Å². The first-order valence-corrected chi connectivity index (χ1v) is 7.07. The standard InChI is InChI=1S/C16H20N2O2/c1-3-5-6-12-7-9-14(10-8-12)18-13(4-2)11-15(17-18)16(19)20/h7-11H,3-6H2,1-2H3,(H,19,20). The van der Waals surface area contributed by atoms with Gasteiger partial charge < -0.3 is 5.11 Å². The number of carboxylic acids is 1. The zero-order valence-corrected chi connectivity index (χ0v) is 12.0. The zero-order chi connectivity index (χ0) is 14.5. The molecule has 0 aliphatic rings. The summed E-state index contributed by atoms with van der Waals surface area (Å²) < 4.78 is 1.72. The molecule has 1 heterocycles. The van der Waals surface area contributed by atoms with Crippen molar-refractivity contribution in [2.45, 2.75) is 39.5 Å². The van der Waals surface area contributed by atoms with Crippen LogP contribution in [0.4, 0.5) is 0 Å². The summed E-state index contributed by atoms with van der Waals surface area (Å²) in [6.07, 6.45) is 4.20. The molecule has 0 spiro atoms. The molecule has 2 aromatic rings. The third kappa shape index (κ3) is 3.07. The lowest BCUT2D eigenvalue weighted by molar-refractivity contribution is 0.0690. The van der Waals surface area contributed by atoms with Crippen molar-refractivity contribution in [1.82, 2.24) is 9.78 Å². The van der Waals surface area contributed by atoms with E-state index >= 15 is 0 Å². The maximum absolute atomic E-state index is 11.0. The Labute approximate surface area is 119 Å². The van der Waals surface area contributed by atoms with E-state index in [1.165, 1.54) is 18.4 Å². The van der Waals surface area contributed by atoms with Crippen LogP contribution in [0.1, 0.15) is 48.4 Å². The first kappa shape index (κ1) is 14.3. The van der Waals surface area contributed by atoms with E-state index < -0.39 is 5.97 Å². The monoisotopic (exact) mass is 272 g/mol. The van der Waals surface area contributed by atoms with Gasteiger partial charge in [0.2, 0.25) is 0 Å². The molecule has 0 aliphatic carbocycles. The summed E-state index contributed by atoms with van der Waals surface area (Å²) >= 11 is 0. The molecule has 0 fully saturated rings. The molecule has 0 radical (unpaired) electrons. The van der Waals surface area contributed by atoms with Crippen molar-refractivity contribution in [3.8, 4) is 5.69 Å². The molecule has 4 heteroatoms. The maximum atomic E-state index is 11.0. The predicted octanol–water partition coefficient (Wildman–Crippen LogP) is 3.48. The molecule has 0 amide bonds. The molecule has 1 aromatic heterocycles. The molecule has 0 unspecified atom stereocenters. The van der Waals surface area contributed by atoms with Crippen molar-refractivity contribution in [3.05, 3.63) is 47.3 Å². The highest BCUT2D eigenvalue weighted by Crippen LogP contribution is 2.15. The summed E-state index contributed by atoms with van der Waals surface area (Å²) in [6.45, 7) is 4.17. The number of hydrogen-bond donors (Lipinski definition) is 1. The highest BCUT2D eigenvalue weighted by atomic mass is 16.4. The van der Waals surface area contributed by atoms with Gasteiger partial charge in [-0.15, -0.1) is 0 Å². The predicted molar refractivity (Wildman–Crippen MR) is 78.5 cm³/mol. The van der Waals surface area contributed by atoms with Crippen LogP contribution in [0, 0.1) is 0 Å². The topological polar surface area (TPSA) is 55.1 Å². The van der Waals surface area contributed by atoms with E-state index in [2.05, 4.69) is 24.2 Å². The van der Waals surface area contributed by atoms with Crippen molar-refractivity contribution >= 4 is 5.97 Å². The Morgan fingerprint density at radius 2 is 1.95 bits per heavy atom. The molecule has 1 aromatic carbocycles. The van der Waals surface area contributed by atoms with Crippen LogP contribution in [0.15, 0.2) is 30.3 Å². The van der Waals surface area contributed by atoms with E-state index in [4.69, 9.17) is 5.11 Å². The van der Waals surface area contributed by atoms with E-state index in [0.29, 0.717) is 0 Å². The molecule has 20 heavy (non-hydrogen) atoms. The average molecular weight is 272 g/mol. The van der Waals surface area contributed by atoms with E-state index in [0.717, 1.165) is 24.2 Å². The SMILES string of the molecule is CCCCc1ccc(-n2nc(C(=O)O)cc2CC)cc1. The highest BCUT2D eigenvalue weighted by molar-refractivity contribution is 5.85. The molecule has 0 bridgehead atoms. The molecule has 1 N–H and O–H groups in total. The Hall–Kier alpha value is -2.10. The Morgan fingerprint density at radius 1 is 1.25 bits per heavy atom. The van der Waals surface area contributed by atoms with Crippen molar-refractivity contribution < 1.29 is 9.90 Å². The molecule has 4 nitrogen and oxygen atoms in total. The minimum absolute atomic E-state index is 0.0944. The largest absolute Gasteiger partial charge is 0.476 e. The number of unbranched alkanes of at least 4 members (excludes halogenated alkanes) is 1. The smallest absolute Gasteiger partial charge is 0.356 e. The molecule has 0 aliphatic heterocycles. The first-order chi connectivity index (χ1) is 9.65. The maximum Gasteiger partial charge on any atom is 0.356 e. The van der Waals surface area contributed by atoms with E-state index in [1.54, 1.807) is 10.7 Å². The van der Waals surface area contributed by atoms with Gasteiger partial charge in [-0.05, 0) is 43.0 Å². The van der Waals surface area contributed by atoms with Crippen molar-refractivity contribution in [2.75, 3.05) is 0 Å². The highest BCUT2D eigenvalue weighted by Gasteiger charge is 2.13. The number of carbonyl (C=O) groups is 1. The van der Waals surface area contributed by atoms with Crippen LogP contribution in [-0.2, 0) is 12.8 Å². The molecule has 2 rings (SSSR count). The lowest BCUT2D eigenvalue weighted by Crippen LogP contribution is -2.03. The van der Waals surface area contributed by atoms with Crippen molar-refractivity contribution in [2.24, 2.45) is 0 Å². The lowest BCUT2D eigenvalue weighted by atomic mass is 10.1. The van der Waals surface area contributed by atoms with Gasteiger partial charge >= 0.3 is 5.97 Å². The number of rotatable bonds is 6. The van der Waals surface area contributed by atoms with Gasteiger partial charge in [-0.1, -0.05) is 32.4 Å². The number of aryl methyl sites for hydroxylation is 2. The van der Waals surface area contributed by atoms with E-state index in [-0.39, 0.29) is 5.69 Å². The minimum Gasteiger partial charge on any atom is -0.476 e. The molecule has 106 valence electrons. The Kier molecular flexibility index (Phi) is 4.56. The lowest BCUT2D eigenvalue weighted by Gasteiger charge is -2.07. The van der Waals surface area contributed by atoms with Gasteiger partial charge in [0.25, 0.3) is 0 Å². The van der Waals surface area contributed by atoms with Crippen LogP contribution < -0.4 is 0 Å². The fourth-order valence-electron chi connectivity index (χ4n) is 2.18. The van der Waals surface area contributed by atoms with Crippen LogP contribution in [0.25, 0.3) is 5.69 Å². The van der Waals surface area contributed by atoms with Gasteiger partial charge in [0.05, 0.1) is 5.69 Å². The fraction of sp³-hybridized carbons (Fsp3) is 0.375. The second kappa shape index (κ2) is 6.37. The van der Waals surface area contributed by atoms with Crippen LogP contribution in [0.2, 0.25) is 0 Å². The summed E-state index contributed by atoms with van der Waals surface area (Å²) in [4.78, 5) is 11.0. The Morgan fingerprint density at radius 3 is 2.50 bits per heavy atom. The fourth-order valence-corrected chi connectivity index (χ4v) is 2.18. The normalized spacial score (nSPS) is 10.7. The molecule has 0 saturated carbocycles. The van der Waals surface area contributed by atoms with Crippen LogP contribution in [-0.4, -0.2) is 20.9 Å². The second-order valence-corrected chi connectivity index (χ2v) is 4.86. The van der Waals surface area contributed by atoms with Gasteiger partial charge in [-0.25, -0.2) is 9.48 Å². The number of benzene rings is 1.